The van der Waals surface area contributed by atoms with E-state index in [0.29, 0.717) is 6.42 Å². The molecule has 0 spiro atoms. The van der Waals surface area contributed by atoms with E-state index in [-0.39, 0.29) is 6.10 Å². The van der Waals surface area contributed by atoms with Crippen LogP contribution in [-0.4, -0.2) is 46.5 Å². The van der Waals surface area contributed by atoms with Gasteiger partial charge in [0, 0.05) is 18.7 Å². The van der Waals surface area contributed by atoms with E-state index in [1.807, 2.05) is 18.8 Å². The monoisotopic (exact) mass is 239 g/mol. The average Bonchev–Trinajstić information content (AvgIpc) is 2.68. The summed E-state index contributed by atoms with van der Waals surface area (Å²) in [7, 11) is 4.05. The Morgan fingerprint density at radius 3 is 2.65 bits per heavy atom. The molecule has 0 saturated heterocycles. The largest absolute Gasteiger partial charge is 0.393 e. The predicted molar refractivity (Wildman–Crippen MR) is 70.2 cm³/mol. The molecule has 1 unspecified atom stereocenters. The highest BCUT2D eigenvalue weighted by Gasteiger charge is 2.11. The van der Waals surface area contributed by atoms with Crippen LogP contribution in [0.4, 0.5) is 0 Å². The highest BCUT2D eigenvalue weighted by atomic mass is 16.3. The predicted octanol–water partition coefficient (Wildman–Crippen LogP) is 1.32. The topological polar surface area (TPSA) is 41.3 Å². The number of hydrogen-bond donors (Lipinski definition) is 1. The molecule has 98 valence electrons. The molecular formula is C13H25N3O. The Hall–Kier alpha value is -0.870. The molecular weight excluding hydrogens is 214 g/mol. The van der Waals surface area contributed by atoms with E-state index in [1.54, 1.807) is 0 Å². The summed E-state index contributed by atoms with van der Waals surface area (Å²) in [4.78, 5) is 2.10. The molecule has 1 rings (SSSR count). The SMILES string of the molecule is CCc1cc(CC(O)CCN(C)C)n(CC)n1. The summed E-state index contributed by atoms with van der Waals surface area (Å²) in [5.41, 5.74) is 2.26. The summed E-state index contributed by atoms with van der Waals surface area (Å²) in [5, 5.41) is 14.5. The van der Waals surface area contributed by atoms with E-state index in [2.05, 4.69) is 29.9 Å². The molecule has 0 radical (unpaired) electrons. The van der Waals surface area contributed by atoms with Crippen molar-refractivity contribution in [2.45, 2.75) is 45.8 Å². The minimum Gasteiger partial charge on any atom is -0.393 e. The van der Waals surface area contributed by atoms with Gasteiger partial charge in [0.25, 0.3) is 0 Å². The van der Waals surface area contributed by atoms with Gasteiger partial charge in [0.15, 0.2) is 0 Å². The zero-order chi connectivity index (χ0) is 12.8. The second-order valence-corrected chi connectivity index (χ2v) is 4.75. The van der Waals surface area contributed by atoms with Crippen molar-refractivity contribution in [2.24, 2.45) is 0 Å². The van der Waals surface area contributed by atoms with Crippen LogP contribution < -0.4 is 0 Å². The van der Waals surface area contributed by atoms with Crippen LogP contribution in [-0.2, 0) is 19.4 Å². The van der Waals surface area contributed by atoms with Crippen LogP contribution in [0, 0.1) is 0 Å². The third-order valence-corrected chi connectivity index (χ3v) is 2.93. The molecule has 0 aliphatic rings. The van der Waals surface area contributed by atoms with Crippen LogP contribution in [0.1, 0.15) is 31.7 Å². The normalized spacial score (nSPS) is 13.3. The number of aliphatic hydroxyl groups is 1. The zero-order valence-electron chi connectivity index (χ0n) is 11.5. The lowest BCUT2D eigenvalue weighted by atomic mass is 10.1. The maximum atomic E-state index is 9.99. The van der Waals surface area contributed by atoms with E-state index < -0.39 is 0 Å². The van der Waals surface area contributed by atoms with Crippen molar-refractivity contribution in [2.75, 3.05) is 20.6 Å². The van der Waals surface area contributed by atoms with Crippen molar-refractivity contribution in [3.8, 4) is 0 Å². The summed E-state index contributed by atoms with van der Waals surface area (Å²) in [5.74, 6) is 0. The molecule has 0 aromatic carbocycles. The van der Waals surface area contributed by atoms with Gasteiger partial charge in [-0.05, 0) is 46.5 Å². The lowest BCUT2D eigenvalue weighted by Crippen LogP contribution is -2.21. The van der Waals surface area contributed by atoms with Gasteiger partial charge in [-0.1, -0.05) is 6.92 Å². The molecule has 0 saturated carbocycles. The number of aryl methyl sites for hydroxylation is 2. The molecule has 4 nitrogen and oxygen atoms in total. The molecule has 0 aliphatic heterocycles. The van der Waals surface area contributed by atoms with E-state index in [1.165, 1.54) is 0 Å². The lowest BCUT2D eigenvalue weighted by molar-refractivity contribution is 0.150. The summed E-state index contributed by atoms with van der Waals surface area (Å²) in [6.07, 6.45) is 2.19. The maximum absolute atomic E-state index is 9.99. The molecule has 1 aromatic heterocycles. The fourth-order valence-corrected chi connectivity index (χ4v) is 1.88. The van der Waals surface area contributed by atoms with Gasteiger partial charge in [-0.25, -0.2) is 0 Å². The van der Waals surface area contributed by atoms with E-state index in [9.17, 15) is 5.11 Å². The third kappa shape index (κ3) is 4.48. The van der Waals surface area contributed by atoms with Crippen molar-refractivity contribution in [1.29, 1.82) is 0 Å². The first-order chi connectivity index (χ1) is 8.06. The molecule has 0 amide bonds. The van der Waals surface area contributed by atoms with Gasteiger partial charge in [-0.3, -0.25) is 4.68 Å². The highest BCUT2D eigenvalue weighted by molar-refractivity contribution is 5.11. The number of nitrogens with zero attached hydrogens (tertiary/aromatic N) is 3. The van der Waals surface area contributed by atoms with E-state index in [0.717, 1.165) is 37.3 Å². The molecule has 0 bridgehead atoms. The standard InChI is InChI=1S/C13H25N3O/c1-5-11-9-12(16(6-2)14-11)10-13(17)7-8-15(3)4/h9,13,17H,5-8,10H2,1-4H3. The molecule has 4 heteroatoms. The number of rotatable bonds is 7. The molecule has 0 aliphatic carbocycles. The minimum atomic E-state index is -0.274. The first kappa shape index (κ1) is 14.2. The summed E-state index contributed by atoms with van der Waals surface area (Å²) in [6.45, 7) is 5.98. The maximum Gasteiger partial charge on any atom is 0.0624 e. The third-order valence-electron chi connectivity index (χ3n) is 2.93. The Kier molecular flexibility index (Phi) is 5.65. The molecule has 0 fully saturated rings. The quantitative estimate of drug-likeness (QED) is 0.780. The fourth-order valence-electron chi connectivity index (χ4n) is 1.88. The second kappa shape index (κ2) is 6.77. The lowest BCUT2D eigenvalue weighted by Gasteiger charge is -2.14. The Morgan fingerprint density at radius 2 is 2.12 bits per heavy atom. The van der Waals surface area contributed by atoms with Gasteiger partial charge < -0.3 is 10.0 Å². The van der Waals surface area contributed by atoms with Crippen LogP contribution >= 0.6 is 0 Å². The second-order valence-electron chi connectivity index (χ2n) is 4.75. The van der Waals surface area contributed by atoms with Gasteiger partial charge in [-0.15, -0.1) is 0 Å². The van der Waals surface area contributed by atoms with Gasteiger partial charge in [0.1, 0.15) is 0 Å². The molecule has 1 heterocycles. The summed E-state index contributed by atoms with van der Waals surface area (Å²) < 4.78 is 2.00. The number of aromatic nitrogens is 2. The summed E-state index contributed by atoms with van der Waals surface area (Å²) in [6, 6.07) is 2.11. The number of aliphatic hydroxyl groups excluding tert-OH is 1. The van der Waals surface area contributed by atoms with Crippen molar-refractivity contribution in [3.05, 3.63) is 17.5 Å². The van der Waals surface area contributed by atoms with Crippen LogP contribution in [0.15, 0.2) is 6.07 Å². The van der Waals surface area contributed by atoms with Crippen LogP contribution in [0.5, 0.6) is 0 Å². The van der Waals surface area contributed by atoms with Gasteiger partial charge in [0.2, 0.25) is 0 Å². The Bertz CT molecular complexity index is 333. The molecule has 1 N–H and O–H groups in total. The highest BCUT2D eigenvalue weighted by Crippen LogP contribution is 2.10. The van der Waals surface area contributed by atoms with Crippen LogP contribution in [0.25, 0.3) is 0 Å². The van der Waals surface area contributed by atoms with Crippen LogP contribution in [0.3, 0.4) is 0 Å². The van der Waals surface area contributed by atoms with Crippen molar-refractivity contribution < 1.29 is 5.11 Å². The zero-order valence-corrected chi connectivity index (χ0v) is 11.5. The summed E-state index contributed by atoms with van der Waals surface area (Å²) >= 11 is 0. The van der Waals surface area contributed by atoms with Gasteiger partial charge >= 0.3 is 0 Å². The van der Waals surface area contributed by atoms with Gasteiger partial charge in [0.05, 0.1) is 11.8 Å². The first-order valence-electron chi connectivity index (χ1n) is 6.45. The molecule has 17 heavy (non-hydrogen) atoms. The average molecular weight is 239 g/mol. The Balaban J connectivity index is 2.57. The van der Waals surface area contributed by atoms with Crippen LogP contribution in [0.2, 0.25) is 0 Å². The Labute approximate surface area is 104 Å². The fraction of sp³-hybridized carbons (Fsp3) is 0.769. The molecule has 1 aromatic rings. The van der Waals surface area contributed by atoms with Gasteiger partial charge in [-0.2, -0.15) is 5.10 Å². The molecule has 1 atom stereocenters. The van der Waals surface area contributed by atoms with Crippen molar-refractivity contribution >= 4 is 0 Å². The van der Waals surface area contributed by atoms with Crippen molar-refractivity contribution in [1.82, 2.24) is 14.7 Å². The Morgan fingerprint density at radius 1 is 1.41 bits per heavy atom. The van der Waals surface area contributed by atoms with E-state index in [4.69, 9.17) is 0 Å². The minimum absolute atomic E-state index is 0.274. The smallest absolute Gasteiger partial charge is 0.0624 e. The number of hydrogen-bond acceptors (Lipinski definition) is 3. The van der Waals surface area contributed by atoms with E-state index >= 15 is 0 Å². The first-order valence-corrected chi connectivity index (χ1v) is 6.45. The van der Waals surface area contributed by atoms with Crippen molar-refractivity contribution in [3.63, 3.8) is 0 Å².